The van der Waals surface area contributed by atoms with Crippen LogP contribution >= 0.6 is 0 Å². The highest BCUT2D eigenvalue weighted by Gasteiger charge is 2.13. The van der Waals surface area contributed by atoms with Crippen molar-refractivity contribution in [2.24, 2.45) is 0 Å². The molecule has 0 bridgehead atoms. The van der Waals surface area contributed by atoms with Gasteiger partial charge in [0.15, 0.2) is 0 Å². The topological polar surface area (TPSA) is 40.7 Å². The van der Waals surface area contributed by atoms with Crippen LogP contribution < -0.4 is 5.32 Å². The SMILES string of the molecule is c1nc2c3c(ccc2[nH]1)CNC3. The van der Waals surface area contributed by atoms with Crippen molar-refractivity contribution >= 4 is 11.0 Å². The second-order valence-electron chi connectivity index (χ2n) is 3.11. The van der Waals surface area contributed by atoms with Crippen molar-refractivity contribution in [3.8, 4) is 0 Å². The molecular formula is C9H9N3. The van der Waals surface area contributed by atoms with Crippen molar-refractivity contribution in [2.45, 2.75) is 13.1 Å². The summed E-state index contributed by atoms with van der Waals surface area (Å²) in [6, 6.07) is 4.25. The highest BCUT2D eigenvalue weighted by Crippen LogP contribution is 2.22. The second-order valence-corrected chi connectivity index (χ2v) is 3.11. The maximum absolute atomic E-state index is 4.29. The Bertz CT molecular complexity index is 430. The summed E-state index contributed by atoms with van der Waals surface area (Å²) in [7, 11) is 0. The molecule has 60 valence electrons. The lowest BCUT2D eigenvalue weighted by molar-refractivity contribution is 0.766. The van der Waals surface area contributed by atoms with Gasteiger partial charge < -0.3 is 10.3 Å². The Morgan fingerprint density at radius 3 is 3.25 bits per heavy atom. The van der Waals surface area contributed by atoms with Gasteiger partial charge in [-0.05, 0) is 17.2 Å². The molecule has 0 spiro atoms. The largest absolute Gasteiger partial charge is 0.345 e. The Labute approximate surface area is 69.8 Å². The Morgan fingerprint density at radius 2 is 2.25 bits per heavy atom. The Balaban J connectivity index is 2.46. The maximum atomic E-state index is 4.29. The number of aromatic nitrogens is 2. The molecule has 12 heavy (non-hydrogen) atoms. The number of aromatic amines is 1. The number of H-pyrrole nitrogens is 1. The minimum atomic E-state index is 0.956. The minimum absolute atomic E-state index is 0.956. The van der Waals surface area contributed by atoms with Crippen molar-refractivity contribution in [1.82, 2.24) is 15.3 Å². The molecule has 0 aliphatic carbocycles. The molecule has 2 aromatic rings. The number of benzene rings is 1. The zero-order chi connectivity index (χ0) is 7.97. The van der Waals surface area contributed by atoms with Gasteiger partial charge in [0.25, 0.3) is 0 Å². The van der Waals surface area contributed by atoms with E-state index in [0.717, 1.165) is 24.1 Å². The zero-order valence-corrected chi connectivity index (χ0v) is 6.59. The van der Waals surface area contributed by atoms with Gasteiger partial charge in [-0.25, -0.2) is 4.98 Å². The van der Waals surface area contributed by atoms with E-state index in [0.29, 0.717) is 0 Å². The maximum Gasteiger partial charge on any atom is 0.0932 e. The third-order valence-corrected chi connectivity index (χ3v) is 2.41. The number of hydrogen-bond acceptors (Lipinski definition) is 2. The number of rotatable bonds is 0. The highest BCUT2D eigenvalue weighted by molar-refractivity contribution is 5.80. The molecule has 3 nitrogen and oxygen atoms in total. The molecule has 2 N–H and O–H groups in total. The number of nitrogens with one attached hydrogen (secondary N) is 2. The molecule has 0 saturated carbocycles. The fourth-order valence-corrected chi connectivity index (χ4v) is 1.79. The standard InChI is InChI=1S/C9H9N3/c1-2-8-9(12-5-11-8)7-4-10-3-6(1)7/h1-2,5,10H,3-4H2,(H,11,12). The van der Waals surface area contributed by atoms with Gasteiger partial charge in [-0.1, -0.05) is 6.07 Å². The molecule has 3 rings (SSSR count). The molecule has 1 aromatic heterocycles. The first kappa shape index (κ1) is 6.20. The molecular weight excluding hydrogens is 150 g/mol. The van der Waals surface area contributed by atoms with E-state index in [4.69, 9.17) is 0 Å². The van der Waals surface area contributed by atoms with Gasteiger partial charge in [0.2, 0.25) is 0 Å². The van der Waals surface area contributed by atoms with Crippen molar-refractivity contribution in [3.63, 3.8) is 0 Å². The molecule has 0 atom stereocenters. The van der Waals surface area contributed by atoms with E-state index in [2.05, 4.69) is 27.4 Å². The summed E-state index contributed by atoms with van der Waals surface area (Å²) in [5, 5.41) is 3.32. The second kappa shape index (κ2) is 2.08. The fourth-order valence-electron chi connectivity index (χ4n) is 1.79. The summed E-state index contributed by atoms with van der Waals surface area (Å²) in [6.45, 7) is 1.94. The van der Waals surface area contributed by atoms with Gasteiger partial charge in [0.05, 0.1) is 17.4 Å². The van der Waals surface area contributed by atoms with Gasteiger partial charge in [0, 0.05) is 13.1 Å². The van der Waals surface area contributed by atoms with Gasteiger partial charge in [-0.3, -0.25) is 0 Å². The average Bonchev–Trinajstić information content (AvgIpc) is 2.71. The first-order valence-electron chi connectivity index (χ1n) is 4.10. The summed E-state index contributed by atoms with van der Waals surface area (Å²) in [5.41, 5.74) is 5.00. The average molecular weight is 159 g/mol. The summed E-state index contributed by atoms with van der Waals surface area (Å²) in [4.78, 5) is 7.41. The summed E-state index contributed by atoms with van der Waals surface area (Å²) >= 11 is 0. The van der Waals surface area contributed by atoms with E-state index in [-0.39, 0.29) is 0 Å². The van der Waals surface area contributed by atoms with Crippen LogP contribution in [0.1, 0.15) is 11.1 Å². The lowest BCUT2D eigenvalue weighted by atomic mass is 10.1. The van der Waals surface area contributed by atoms with E-state index in [1.807, 2.05) is 0 Å². The Kier molecular flexibility index (Phi) is 1.07. The minimum Gasteiger partial charge on any atom is -0.345 e. The van der Waals surface area contributed by atoms with Crippen LogP contribution in [-0.4, -0.2) is 9.97 Å². The summed E-state index contributed by atoms with van der Waals surface area (Å²) in [5.74, 6) is 0. The molecule has 0 radical (unpaired) electrons. The number of hydrogen-bond donors (Lipinski definition) is 2. The van der Waals surface area contributed by atoms with Crippen LogP contribution in [0.4, 0.5) is 0 Å². The smallest absolute Gasteiger partial charge is 0.0932 e. The first-order chi connectivity index (χ1) is 5.95. The van der Waals surface area contributed by atoms with Crippen LogP contribution in [0.5, 0.6) is 0 Å². The Hall–Kier alpha value is -1.35. The van der Waals surface area contributed by atoms with E-state index < -0.39 is 0 Å². The monoisotopic (exact) mass is 159 g/mol. The Morgan fingerprint density at radius 1 is 1.25 bits per heavy atom. The normalized spacial score (nSPS) is 15.3. The van der Waals surface area contributed by atoms with Crippen molar-refractivity contribution < 1.29 is 0 Å². The third kappa shape index (κ3) is 0.662. The number of fused-ring (bicyclic) bond motifs is 3. The molecule has 1 aliphatic heterocycles. The van der Waals surface area contributed by atoms with Gasteiger partial charge in [0.1, 0.15) is 0 Å². The van der Waals surface area contributed by atoms with E-state index in [1.54, 1.807) is 6.33 Å². The van der Waals surface area contributed by atoms with E-state index in [1.165, 1.54) is 11.1 Å². The summed E-state index contributed by atoms with van der Waals surface area (Å²) < 4.78 is 0. The quantitative estimate of drug-likeness (QED) is 0.605. The summed E-state index contributed by atoms with van der Waals surface area (Å²) in [6.07, 6.45) is 1.75. The van der Waals surface area contributed by atoms with Gasteiger partial charge >= 0.3 is 0 Å². The van der Waals surface area contributed by atoms with Crippen LogP contribution in [0.3, 0.4) is 0 Å². The molecule has 3 heteroatoms. The van der Waals surface area contributed by atoms with Crippen LogP contribution in [0.25, 0.3) is 11.0 Å². The van der Waals surface area contributed by atoms with E-state index in [9.17, 15) is 0 Å². The lowest BCUT2D eigenvalue weighted by Crippen LogP contribution is -2.00. The van der Waals surface area contributed by atoms with Crippen LogP contribution in [0.2, 0.25) is 0 Å². The van der Waals surface area contributed by atoms with Crippen LogP contribution in [0.15, 0.2) is 18.5 Å². The zero-order valence-electron chi connectivity index (χ0n) is 6.59. The van der Waals surface area contributed by atoms with Crippen molar-refractivity contribution in [3.05, 3.63) is 29.6 Å². The number of imidazole rings is 1. The molecule has 1 aliphatic rings. The number of nitrogens with zero attached hydrogens (tertiary/aromatic N) is 1. The van der Waals surface area contributed by atoms with Gasteiger partial charge in [-0.2, -0.15) is 0 Å². The molecule has 0 unspecified atom stereocenters. The first-order valence-corrected chi connectivity index (χ1v) is 4.10. The van der Waals surface area contributed by atoms with E-state index >= 15 is 0 Å². The van der Waals surface area contributed by atoms with Crippen molar-refractivity contribution in [1.29, 1.82) is 0 Å². The highest BCUT2D eigenvalue weighted by atomic mass is 14.9. The van der Waals surface area contributed by atoms with Crippen LogP contribution in [0, 0.1) is 0 Å². The third-order valence-electron chi connectivity index (χ3n) is 2.41. The molecule has 2 heterocycles. The molecule has 1 aromatic carbocycles. The van der Waals surface area contributed by atoms with Gasteiger partial charge in [-0.15, -0.1) is 0 Å². The molecule has 0 fully saturated rings. The predicted octanol–water partition coefficient (Wildman–Crippen LogP) is 1.17. The lowest BCUT2D eigenvalue weighted by Gasteiger charge is -1.96. The fraction of sp³-hybridized carbons (Fsp3) is 0.222. The molecule has 0 amide bonds. The van der Waals surface area contributed by atoms with Crippen LogP contribution in [-0.2, 0) is 13.1 Å². The van der Waals surface area contributed by atoms with Crippen molar-refractivity contribution in [2.75, 3.05) is 0 Å². The predicted molar refractivity (Wildman–Crippen MR) is 46.6 cm³/mol. The molecule has 0 saturated heterocycles.